The van der Waals surface area contributed by atoms with Crippen LogP contribution in [0.25, 0.3) is 10.9 Å². The molecule has 3 aromatic rings. The molecule has 0 radical (unpaired) electrons. The van der Waals surface area contributed by atoms with E-state index in [4.69, 9.17) is 5.11 Å². The molecule has 1 aliphatic carbocycles. The number of carbonyl (C=O) groups excluding carboxylic acids is 1. The van der Waals surface area contributed by atoms with Gasteiger partial charge in [0.2, 0.25) is 5.95 Å². The molecule has 1 aliphatic heterocycles. The molecule has 1 aromatic heterocycles. The van der Waals surface area contributed by atoms with Gasteiger partial charge >= 0.3 is 6.03 Å². The van der Waals surface area contributed by atoms with Crippen LogP contribution in [-0.2, 0) is 5.54 Å². The summed E-state index contributed by atoms with van der Waals surface area (Å²) < 4.78 is 0. The fraction of sp³-hybridized carbons (Fsp3) is 0.444. The normalized spacial score (nSPS) is 24.4. The van der Waals surface area contributed by atoms with Crippen molar-refractivity contribution in [2.24, 2.45) is 0 Å². The second-order valence-electron chi connectivity index (χ2n) is 10.1. The fourth-order valence-electron chi connectivity index (χ4n) is 5.70. The highest BCUT2D eigenvalue weighted by atomic mass is 16.3. The first-order valence-electron chi connectivity index (χ1n) is 12.3. The number of nitrogens with zero attached hydrogens (tertiary/aromatic N) is 5. The molecule has 2 amide bonds. The zero-order chi connectivity index (χ0) is 24.6. The lowest BCUT2D eigenvalue weighted by Gasteiger charge is -2.48. The van der Waals surface area contributed by atoms with Gasteiger partial charge in [-0.3, -0.25) is 9.80 Å². The largest absolute Gasteiger partial charge is 0.395 e. The third-order valence-electron chi connectivity index (χ3n) is 7.92. The van der Waals surface area contributed by atoms with Crippen molar-refractivity contribution in [1.29, 1.82) is 0 Å². The number of likely N-dealkylation sites (N-methyl/N-ethyl adjacent to an activating group) is 1. The minimum Gasteiger partial charge on any atom is -0.395 e. The second-order valence-corrected chi connectivity index (χ2v) is 10.1. The van der Waals surface area contributed by atoms with Gasteiger partial charge in [-0.25, -0.2) is 14.8 Å². The van der Waals surface area contributed by atoms with Crippen LogP contribution in [0.15, 0.2) is 54.7 Å². The minimum absolute atomic E-state index is 0.00810. The van der Waals surface area contributed by atoms with Crippen LogP contribution in [0, 0.1) is 0 Å². The Morgan fingerprint density at radius 3 is 2.49 bits per heavy atom. The highest BCUT2D eigenvalue weighted by Crippen LogP contribution is 2.46. The van der Waals surface area contributed by atoms with Gasteiger partial charge < -0.3 is 15.3 Å². The molecular formula is C27H34N6O2. The zero-order valence-electron chi connectivity index (χ0n) is 20.7. The topological polar surface area (TPSA) is 84.8 Å². The van der Waals surface area contributed by atoms with E-state index in [-0.39, 0.29) is 23.7 Å². The van der Waals surface area contributed by atoms with Crippen molar-refractivity contribution in [2.45, 2.75) is 36.8 Å². The van der Waals surface area contributed by atoms with Gasteiger partial charge in [0.05, 0.1) is 24.2 Å². The van der Waals surface area contributed by atoms with E-state index in [1.807, 2.05) is 35.0 Å². The summed E-state index contributed by atoms with van der Waals surface area (Å²) in [5.74, 6) is 0.571. The highest BCUT2D eigenvalue weighted by Gasteiger charge is 2.50. The number of nitrogens with one attached hydrogen (secondary N) is 1. The van der Waals surface area contributed by atoms with Gasteiger partial charge in [0.15, 0.2) is 0 Å². The number of rotatable bonds is 6. The van der Waals surface area contributed by atoms with Crippen LogP contribution in [-0.4, -0.2) is 72.4 Å². The highest BCUT2D eigenvalue weighted by molar-refractivity contribution is 5.97. The number of hydrogen-bond acceptors (Lipinski definition) is 6. The van der Waals surface area contributed by atoms with Crippen molar-refractivity contribution in [3.05, 3.63) is 60.3 Å². The monoisotopic (exact) mass is 474 g/mol. The Balaban J connectivity index is 1.35. The molecule has 2 fully saturated rings. The number of benzene rings is 2. The first-order chi connectivity index (χ1) is 16.9. The molecule has 8 heteroatoms. The number of carbonyl (C=O) groups is 1. The summed E-state index contributed by atoms with van der Waals surface area (Å²) in [6, 6.07) is 16.6. The van der Waals surface area contributed by atoms with Crippen LogP contribution in [0.4, 0.5) is 16.4 Å². The number of aromatic nitrogens is 2. The van der Waals surface area contributed by atoms with Crippen molar-refractivity contribution in [1.82, 2.24) is 20.2 Å². The van der Waals surface area contributed by atoms with Gasteiger partial charge in [-0.05, 0) is 63.5 Å². The van der Waals surface area contributed by atoms with Crippen molar-refractivity contribution in [3.8, 4) is 0 Å². The lowest BCUT2D eigenvalue weighted by Crippen LogP contribution is -2.54. The summed E-state index contributed by atoms with van der Waals surface area (Å²) in [6.07, 6.45) is 5.63. The predicted octanol–water partition coefficient (Wildman–Crippen LogP) is 3.36. The van der Waals surface area contributed by atoms with E-state index >= 15 is 0 Å². The maximum Gasteiger partial charge on any atom is 0.322 e. The molecule has 35 heavy (non-hydrogen) atoms. The Hall–Kier alpha value is -3.23. The second kappa shape index (κ2) is 9.09. The zero-order valence-corrected chi connectivity index (χ0v) is 20.7. The van der Waals surface area contributed by atoms with Crippen LogP contribution < -0.4 is 15.1 Å². The Kier molecular flexibility index (Phi) is 6.11. The van der Waals surface area contributed by atoms with Gasteiger partial charge in [0, 0.05) is 36.4 Å². The standard InChI is InChI=1S/C27H34N6O2/c1-31(2)27(21-7-5-4-6-8-21)13-11-26(12-14-27)19-33(25(35)30-26)22-9-10-23-20(17-22)18-28-24(29-23)32(3)15-16-34/h4-10,17-18,34H,11-16,19H2,1-3H3,(H,30,35). The number of hydrogen-bond donors (Lipinski definition) is 2. The van der Waals surface area contributed by atoms with Crippen LogP contribution in [0.5, 0.6) is 0 Å². The summed E-state index contributed by atoms with van der Waals surface area (Å²) in [4.78, 5) is 28.2. The number of amides is 2. The molecule has 2 heterocycles. The van der Waals surface area contributed by atoms with Gasteiger partial charge in [0.25, 0.3) is 0 Å². The molecule has 8 nitrogen and oxygen atoms in total. The molecule has 0 atom stereocenters. The summed E-state index contributed by atoms with van der Waals surface area (Å²) >= 11 is 0. The summed E-state index contributed by atoms with van der Waals surface area (Å²) in [5, 5.41) is 13.4. The van der Waals surface area contributed by atoms with Crippen molar-refractivity contribution < 1.29 is 9.90 Å². The van der Waals surface area contributed by atoms with Gasteiger partial charge in [-0.15, -0.1) is 0 Å². The van der Waals surface area contributed by atoms with E-state index in [0.29, 0.717) is 19.0 Å². The van der Waals surface area contributed by atoms with Crippen molar-refractivity contribution in [3.63, 3.8) is 0 Å². The van der Waals surface area contributed by atoms with Crippen LogP contribution in [0.3, 0.4) is 0 Å². The first-order valence-corrected chi connectivity index (χ1v) is 12.3. The smallest absolute Gasteiger partial charge is 0.322 e. The minimum atomic E-state index is -0.215. The van der Waals surface area contributed by atoms with Gasteiger partial charge in [-0.1, -0.05) is 30.3 Å². The van der Waals surface area contributed by atoms with E-state index in [0.717, 1.165) is 42.3 Å². The molecule has 1 spiro atoms. The predicted molar refractivity (Wildman–Crippen MR) is 139 cm³/mol. The molecule has 1 saturated heterocycles. The first kappa shape index (κ1) is 23.5. The molecule has 0 bridgehead atoms. The molecule has 0 unspecified atom stereocenters. The number of urea groups is 1. The number of aliphatic hydroxyl groups is 1. The average molecular weight is 475 g/mol. The van der Waals surface area contributed by atoms with Crippen molar-refractivity contribution in [2.75, 3.05) is 50.6 Å². The fourth-order valence-corrected chi connectivity index (χ4v) is 5.70. The lowest BCUT2D eigenvalue weighted by molar-refractivity contribution is 0.0658. The summed E-state index contributed by atoms with van der Waals surface area (Å²) in [7, 11) is 6.18. The maximum absolute atomic E-state index is 13.1. The van der Waals surface area contributed by atoms with Gasteiger partial charge in [-0.2, -0.15) is 0 Å². The van der Waals surface area contributed by atoms with E-state index < -0.39 is 0 Å². The van der Waals surface area contributed by atoms with Crippen molar-refractivity contribution >= 4 is 28.6 Å². The molecule has 2 aromatic carbocycles. The quantitative estimate of drug-likeness (QED) is 0.570. The van der Waals surface area contributed by atoms with Crippen LogP contribution in [0.2, 0.25) is 0 Å². The van der Waals surface area contributed by atoms with Gasteiger partial charge in [0.1, 0.15) is 0 Å². The number of aliphatic hydroxyl groups excluding tert-OH is 1. The van der Waals surface area contributed by atoms with E-state index in [1.54, 1.807) is 6.20 Å². The molecule has 184 valence electrons. The van der Waals surface area contributed by atoms with E-state index in [1.165, 1.54) is 5.56 Å². The van der Waals surface area contributed by atoms with Crippen LogP contribution >= 0.6 is 0 Å². The summed E-state index contributed by atoms with van der Waals surface area (Å²) in [6.45, 7) is 1.18. The number of fused-ring (bicyclic) bond motifs is 1. The third kappa shape index (κ3) is 4.21. The lowest BCUT2D eigenvalue weighted by atomic mass is 9.69. The maximum atomic E-state index is 13.1. The molecule has 1 saturated carbocycles. The third-order valence-corrected chi connectivity index (χ3v) is 7.92. The Bertz CT molecular complexity index is 1210. The Labute approximate surface area is 206 Å². The molecule has 5 rings (SSSR count). The van der Waals surface area contributed by atoms with E-state index in [9.17, 15) is 4.79 Å². The number of anilines is 2. The van der Waals surface area contributed by atoms with E-state index in [2.05, 4.69) is 64.6 Å². The Morgan fingerprint density at radius 1 is 1.06 bits per heavy atom. The molecular weight excluding hydrogens is 440 g/mol. The average Bonchev–Trinajstić information content (AvgIpc) is 3.20. The SMILES string of the molecule is CN(CCO)c1ncc2cc(N3CC4(CCC(c5ccccc5)(N(C)C)CC4)NC3=O)ccc2n1. The summed E-state index contributed by atoms with van der Waals surface area (Å²) in [5.41, 5.74) is 2.80. The van der Waals surface area contributed by atoms with Crippen LogP contribution in [0.1, 0.15) is 31.2 Å². The Morgan fingerprint density at radius 2 is 1.80 bits per heavy atom. The molecule has 2 aliphatic rings. The molecule has 2 N–H and O–H groups in total.